The van der Waals surface area contributed by atoms with E-state index in [9.17, 15) is 13.2 Å². The standard InChI is InChI=1S/C28H23F3N6O2/c1-37-13-21(28(29,30)31)35-25(37)18-9-7-16(8-10-18)14-39-26-19-5-3-4-6-20(19)34-24(36-26)22-23(17-11-12-17)32-15-33-27(22)38-2/h3-10,13,15,17H,11-12,14H2,1-2H3. The Morgan fingerprint density at radius 2 is 1.72 bits per heavy atom. The Labute approximate surface area is 221 Å². The molecule has 0 amide bonds. The Morgan fingerprint density at radius 3 is 2.41 bits per heavy atom. The lowest BCUT2D eigenvalue weighted by Gasteiger charge is -2.14. The predicted molar refractivity (Wildman–Crippen MR) is 137 cm³/mol. The first-order valence-corrected chi connectivity index (χ1v) is 12.3. The summed E-state index contributed by atoms with van der Waals surface area (Å²) in [7, 11) is 3.09. The predicted octanol–water partition coefficient (Wildman–Crippen LogP) is 5.97. The molecule has 3 aromatic heterocycles. The van der Waals surface area contributed by atoms with Gasteiger partial charge < -0.3 is 14.0 Å². The highest BCUT2D eigenvalue weighted by Gasteiger charge is 2.34. The number of imidazole rings is 1. The minimum absolute atomic E-state index is 0.188. The maximum Gasteiger partial charge on any atom is 0.434 e. The first-order chi connectivity index (χ1) is 18.8. The van der Waals surface area contributed by atoms with E-state index < -0.39 is 11.9 Å². The van der Waals surface area contributed by atoms with E-state index in [0.717, 1.165) is 35.7 Å². The van der Waals surface area contributed by atoms with E-state index in [-0.39, 0.29) is 12.4 Å². The molecule has 1 saturated carbocycles. The van der Waals surface area contributed by atoms with E-state index >= 15 is 0 Å². The third-order valence-corrected chi connectivity index (χ3v) is 6.55. The largest absolute Gasteiger partial charge is 0.480 e. The van der Waals surface area contributed by atoms with Crippen LogP contribution in [0.15, 0.2) is 61.1 Å². The lowest BCUT2D eigenvalue weighted by Crippen LogP contribution is -2.05. The van der Waals surface area contributed by atoms with Crippen molar-refractivity contribution in [3.05, 3.63) is 78.0 Å². The van der Waals surface area contributed by atoms with Crippen molar-refractivity contribution in [1.82, 2.24) is 29.5 Å². The highest BCUT2D eigenvalue weighted by atomic mass is 19.4. The van der Waals surface area contributed by atoms with Crippen molar-refractivity contribution in [3.63, 3.8) is 0 Å². The Kier molecular flexibility index (Phi) is 6.13. The van der Waals surface area contributed by atoms with Gasteiger partial charge in [0.25, 0.3) is 0 Å². The van der Waals surface area contributed by atoms with Gasteiger partial charge in [0.1, 0.15) is 24.3 Å². The average molecular weight is 533 g/mol. The van der Waals surface area contributed by atoms with Crippen molar-refractivity contribution >= 4 is 10.9 Å². The average Bonchev–Trinajstić information content (AvgIpc) is 3.71. The Morgan fingerprint density at radius 1 is 0.949 bits per heavy atom. The van der Waals surface area contributed by atoms with E-state index in [1.165, 1.54) is 17.9 Å². The van der Waals surface area contributed by atoms with E-state index in [1.54, 1.807) is 31.4 Å². The number of fused-ring (bicyclic) bond motifs is 1. The molecule has 5 aromatic rings. The molecular weight excluding hydrogens is 509 g/mol. The van der Waals surface area contributed by atoms with Crippen LogP contribution in [0.4, 0.5) is 13.2 Å². The third-order valence-electron chi connectivity index (χ3n) is 6.55. The number of aromatic nitrogens is 6. The van der Waals surface area contributed by atoms with Gasteiger partial charge in [-0.1, -0.05) is 36.4 Å². The molecule has 0 atom stereocenters. The number of halogens is 3. The summed E-state index contributed by atoms with van der Waals surface area (Å²) < 4.78 is 52.3. The second-order valence-electron chi connectivity index (χ2n) is 9.33. The van der Waals surface area contributed by atoms with Gasteiger partial charge in [0.2, 0.25) is 11.8 Å². The van der Waals surface area contributed by atoms with Gasteiger partial charge in [0, 0.05) is 24.7 Å². The Bertz CT molecular complexity index is 1660. The smallest absolute Gasteiger partial charge is 0.434 e. The molecule has 1 fully saturated rings. The summed E-state index contributed by atoms with van der Waals surface area (Å²) in [5, 5.41) is 0.745. The van der Waals surface area contributed by atoms with Crippen LogP contribution in [0.2, 0.25) is 0 Å². The highest BCUT2D eigenvalue weighted by Crippen LogP contribution is 2.45. The minimum atomic E-state index is -4.50. The molecule has 0 bridgehead atoms. The zero-order chi connectivity index (χ0) is 27.1. The Balaban J connectivity index is 1.30. The second kappa shape index (κ2) is 9.64. The van der Waals surface area contributed by atoms with Crippen LogP contribution in [0.5, 0.6) is 11.8 Å². The van der Waals surface area contributed by atoms with Gasteiger partial charge in [-0.3, -0.25) is 0 Å². The first-order valence-electron chi connectivity index (χ1n) is 12.3. The van der Waals surface area contributed by atoms with E-state index in [0.29, 0.717) is 40.1 Å². The molecule has 0 radical (unpaired) electrons. The molecule has 198 valence electrons. The minimum Gasteiger partial charge on any atom is -0.480 e. The van der Waals surface area contributed by atoms with Crippen LogP contribution >= 0.6 is 0 Å². The summed E-state index contributed by atoms with van der Waals surface area (Å²) >= 11 is 0. The summed E-state index contributed by atoms with van der Waals surface area (Å²) in [4.78, 5) is 22.1. The van der Waals surface area contributed by atoms with Crippen LogP contribution in [0.3, 0.4) is 0 Å². The summed E-state index contributed by atoms with van der Waals surface area (Å²) in [6.45, 7) is 0.188. The number of methoxy groups -OCH3 is 1. The van der Waals surface area contributed by atoms with Crippen molar-refractivity contribution in [3.8, 4) is 34.5 Å². The molecule has 0 aliphatic heterocycles. The molecule has 0 N–H and O–H groups in total. The van der Waals surface area contributed by atoms with Crippen molar-refractivity contribution < 1.29 is 22.6 Å². The van der Waals surface area contributed by atoms with Gasteiger partial charge in [-0.2, -0.15) is 18.2 Å². The maximum absolute atomic E-state index is 13.1. The normalized spacial score (nSPS) is 13.6. The van der Waals surface area contributed by atoms with Gasteiger partial charge >= 0.3 is 6.18 Å². The molecule has 0 spiro atoms. The number of rotatable bonds is 7. The summed E-state index contributed by atoms with van der Waals surface area (Å²) in [5.41, 5.74) is 2.68. The molecule has 6 rings (SSSR count). The molecule has 1 aliphatic carbocycles. The van der Waals surface area contributed by atoms with Crippen LogP contribution in [-0.2, 0) is 19.8 Å². The van der Waals surface area contributed by atoms with Gasteiger partial charge in [-0.15, -0.1) is 0 Å². The van der Waals surface area contributed by atoms with Crippen molar-refractivity contribution in [1.29, 1.82) is 0 Å². The zero-order valence-corrected chi connectivity index (χ0v) is 21.1. The van der Waals surface area contributed by atoms with Gasteiger partial charge in [-0.05, 0) is 30.5 Å². The number of alkyl halides is 3. The van der Waals surface area contributed by atoms with Crippen molar-refractivity contribution in [2.24, 2.45) is 7.05 Å². The van der Waals surface area contributed by atoms with E-state index in [4.69, 9.17) is 19.4 Å². The topological polar surface area (TPSA) is 87.8 Å². The fraction of sp³-hybridized carbons (Fsp3) is 0.250. The fourth-order valence-electron chi connectivity index (χ4n) is 4.46. The molecule has 8 nitrogen and oxygen atoms in total. The molecule has 1 aliphatic rings. The number of para-hydroxylation sites is 1. The molecule has 11 heteroatoms. The Hall–Kier alpha value is -4.54. The highest BCUT2D eigenvalue weighted by molar-refractivity contribution is 5.85. The number of hydrogen-bond acceptors (Lipinski definition) is 7. The number of ether oxygens (including phenoxy) is 2. The van der Waals surface area contributed by atoms with Crippen LogP contribution in [0.1, 0.15) is 35.7 Å². The van der Waals surface area contributed by atoms with Crippen molar-refractivity contribution in [2.75, 3.05) is 7.11 Å². The van der Waals surface area contributed by atoms with Crippen LogP contribution in [0, 0.1) is 0 Å². The van der Waals surface area contributed by atoms with Gasteiger partial charge in [0.05, 0.1) is 23.7 Å². The monoisotopic (exact) mass is 532 g/mol. The summed E-state index contributed by atoms with van der Waals surface area (Å²) in [6, 6.07) is 14.6. The number of aryl methyl sites for hydroxylation is 1. The van der Waals surface area contributed by atoms with Gasteiger partial charge in [-0.25, -0.2) is 19.9 Å². The van der Waals surface area contributed by atoms with E-state index in [2.05, 4.69) is 15.0 Å². The number of hydrogen-bond donors (Lipinski definition) is 0. The third kappa shape index (κ3) is 4.87. The summed E-state index contributed by atoms with van der Waals surface area (Å²) in [6.07, 6.45) is 0.0443. The second-order valence-corrected chi connectivity index (χ2v) is 9.33. The SMILES string of the molecule is COc1ncnc(C2CC2)c1-c1nc(OCc2ccc(-c3nc(C(F)(F)F)cn3C)cc2)c2ccccc2n1. The number of nitrogens with zero attached hydrogens (tertiary/aromatic N) is 6. The van der Waals surface area contributed by atoms with Crippen LogP contribution in [0.25, 0.3) is 33.7 Å². The first kappa shape index (κ1) is 24.8. The lowest BCUT2D eigenvalue weighted by molar-refractivity contribution is -0.140. The molecule has 0 unspecified atom stereocenters. The lowest BCUT2D eigenvalue weighted by atomic mass is 10.1. The van der Waals surface area contributed by atoms with E-state index in [1.807, 2.05) is 24.3 Å². The molecule has 2 aromatic carbocycles. The zero-order valence-electron chi connectivity index (χ0n) is 21.1. The van der Waals surface area contributed by atoms with Gasteiger partial charge in [0.15, 0.2) is 11.5 Å². The molecular formula is C28H23F3N6O2. The van der Waals surface area contributed by atoms with Crippen LogP contribution < -0.4 is 9.47 Å². The number of benzene rings is 2. The molecule has 39 heavy (non-hydrogen) atoms. The molecule has 3 heterocycles. The fourth-order valence-corrected chi connectivity index (χ4v) is 4.46. The summed E-state index contributed by atoms with van der Waals surface area (Å²) in [5.74, 6) is 1.78. The quantitative estimate of drug-likeness (QED) is 0.255. The van der Waals surface area contributed by atoms with Crippen LogP contribution in [-0.4, -0.2) is 36.6 Å². The van der Waals surface area contributed by atoms with Crippen molar-refractivity contribution in [2.45, 2.75) is 31.5 Å². The molecule has 0 saturated heterocycles. The maximum atomic E-state index is 13.1.